The van der Waals surface area contributed by atoms with Crippen LogP contribution in [0.25, 0.3) is 0 Å². The van der Waals surface area contributed by atoms with Crippen LogP contribution in [0.4, 0.5) is 0 Å². The van der Waals surface area contributed by atoms with E-state index in [0.717, 1.165) is 24.0 Å². The monoisotopic (exact) mass is 310 g/mol. The minimum Gasteiger partial charge on any atom is -0.359 e. The number of guanidine groups is 1. The van der Waals surface area contributed by atoms with Gasteiger partial charge < -0.3 is 15.2 Å². The van der Waals surface area contributed by atoms with E-state index in [1.165, 1.54) is 18.6 Å². The van der Waals surface area contributed by atoms with Gasteiger partial charge in [-0.3, -0.25) is 4.99 Å². The number of aliphatic imine (C=N–C) groups is 1. The van der Waals surface area contributed by atoms with E-state index in [4.69, 9.17) is 4.52 Å². The minimum atomic E-state index is 0.328. The van der Waals surface area contributed by atoms with Crippen LogP contribution < -0.4 is 10.6 Å². The molecule has 6 heteroatoms. The van der Waals surface area contributed by atoms with Gasteiger partial charge in [0.05, 0.1) is 12.2 Å². The van der Waals surface area contributed by atoms with Gasteiger partial charge in [0.1, 0.15) is 0 Å². The van der Waals surface area contributed by atoms with Crippen LogP contribution in [-0.4, -0.2) is 35.2 Å². The maximum Gasteiger partial charge on any atom is 0.191 e. The lowest BCUT2D eigenvalue weighted by Crippen LogP contribution is -2.43. The first-order valence-corrected chi connectivity index (χ1v) is 8.55. The number of aromatic nitrogens is 1. The largest absolute Gasteiger partial charge is 0.359 e. The van der Waals surface area contributed by atoms with Crippen molar-refractivity contribution in [2.45, 2.75) is 50.8 Å². The molecule has 5 nitrogen and oxygen atoms in total. The Morgan fingerprint density at radius 2 is 2.33 bits per heavy atom. The normalized spacial score (nSPS) is 22.8. The third kappa shape index (κ3) is 4.66. The van der Waals surface area contributed by atoms with Crippen LogP contribution in [0.3, 0.4) is 0 Å². The van der Waals surface area contributed by atoms with Crippen LogP contribution in [0.5, 0.6) is 0 Å². The molecule has 1 unspecified atom stereocenters. The highest BCUT2D eigenvalue weighted by atomic mass is 32.2. The van der Waals surface area contributed by atoms with E-state index in [1.807, 2.05) is 17.8 Å². The Balaban J connectivity index is 1.79. The maximum atomic E-state index is 5.32. The third-order valence-corrected chi connectivity index (χ3v) is 5.29. The van der Waals surface area contributed by atoms with Gasteiger partial charge in [-0.05, 0) is 31.4 Å². The highest BCUT2D eigenvalue weighted by Crippen LogP contribution is 2.36. The first-order chi connectivity index (χ1) is 10.0. The van der Waals surface area contributed by atoms with E-state index in [0.29, 0.717) is 17.2 Å². The number of rotatable bonds is 5. The molecule has 0 bridgehead atoms. The van der Waals surface area contributed by atoms with Crippen molar-refractivity contribution in [2.75, 3.05) is 19.3 Å². The van der Waals surface area contributed by atoms with Gasteiger partial charge in [-0.2, -0.15) is 11.8 Å². The lowest BCUT2D eigenvalue weighted by atomic mass is 10.1. The lowest BCUT2D eigenvalue weighted by Gasteiger charge is -2.24. The summed E-state index contributed by atoms with van der Waals surface area (Å²) in [4.78, 5) is 4.26. The molecular formula is C15H26N4OS. The van der Waals surface area contributed by atoms with E-state index in [-0.39, 0.29) is 0 Å². The molecule has 1 aromatic rings. The zero-order chi connectivity index (χ0) is 15.3. The van der Waals surface area contributed by atoms with Crippen LogP contribution >= 0.6 is 11.8 Å². The van der Waals surface area contributed by atoms with Crippen molar-refractivity contribution in [2.24, 2.45) is 4.99 Å². The number of nitrogens with one attached hydrogen (secondary N) is 2. The zero-order valence-corrected chi connectivity index (χ0v) is 14.2. The molecule has 1 atom stereocenters. The van der Waals surface area contributed by atoms with E-state index < -0.39 is 0 Å². The summed E-state index contributed by atoms with van der Waals surface area (Å²) in [5, 5.41) is 10.7. The highest BCUT2D eigenvalue weighted by Gasteiger charge is 2.29. The fraction of sp³-hybridized carbons (Fsp3) is 0.733. The Labute approximate surface area is 131 Å². The second-order valence-electron chi connectivity index (χ2n) is 6.05. The summed E-state index contributed by atoms with van der Waals surface area (Å²) >= 11 is 2.04. The van der Waals surface area contributed by atoms with Crippen molar-refractivity contribution in [3.05, 3.63) is 17.5 Å². The van der Waals surface area contributed by atoms with Crippen molar-refractivity contribution in [1.82, 2.24) is 15.8 Å². The number of hydrogen-bond acceptors (Lipinski definition) is 4. The average molecular weight is 310 g/mol. The molecule has 0 aromatic carbocycles. The molecule has 2 rings (SSSR count). The lowest BCUT2D eigenvalue weighted by molar-refractivity contribution is 0.372. The van der Waals surface area contributed by atoms with Gasteiger partial charge >= 0.3 is 0 Å². The van der Waals surface area contributed by atoms with Crippen molar-refractivity contribution in [1.29, 1.82) is 0 Å². The Morgan fingerprint density at radius 3 is 2.90 bits per heavy atom. The smallest absolute Gasteiger partial charge is 0.191 e. The molecule has 1 aromatic heterocycles. The Morgan fingerprint density at radius 1 is 1.52 bits per heavy atom. The van der Waals surface area contributed by atoms with Gasteiger partial charge in [-0.15, -0.1) is 0 Å². The quantitative estimate of drug-likeness (QED) is 0.647. The predicted molar refractivity (Wildman–Crippen MR) is 88.9 cm³/mol. The predicted octanol–water partition coefficient (Wildman–Crippen LogP) is 2.75. The minimum absolute atomic E-state index is 0.328. The van der Waals surface area contributed by atoms with Gasteiger partial charge in [0.15, 0.2) is 11.7 Å². The van der Waals surface area contributed by atoms with Gasteiger partial charge in [0, 0.05) is 24.4 Å². The van der Waals surface area contributed by atoms with Crippen LogP contribution in [-0.2, 0) is 6.54 Å². The number of hydrogen-bond donors (Lipinski definition) is 2. The molecule has 1 fully saturated rings. The fourth-order valence-corrected chi connectivity index (χ4v) is 3.57. The molecule has 0 radical (unpaired) electrons. The SMILES string of the molecule is CN=C(NCc1cc(C(C)C)no1)NCC1(C)CCCS1. The number of thioether (sulfide) groups is 1. The first-order valence-electron chi connectivity index (χ1n) is 7.56. The molecule has 0 amide bonds. The molecule has 0 aliphatic carbocycles. The molecule has 2 N–H and O–H groups in total. The van der Waals surface area contributed by atoms with E-state index in [2.05, 4.69) is 41.6 Å². The Kier molecular flexibility index (Phi) is 5.56. The highest BCUT2D eigenvalue weighted by molar-refractivity contribution is 8.00. The summed E-state index contributed by atoms with van der Waals surface area (Å²) < 4.78 is 5.65. The summed E-state index contributed by atoms with van der Waals surface area (Å²) in [5.41, 5.74) is 0.990. The Hall–Kier alpha value is -1.17. The van der Waals surface area contributed by atoms with Gasteiger partial charge in [0.2, 0.25) is 0 Å². The molecule has 118 valence electrons. The first kappa shape index (κ1) is 16.2. The van der Waals surface area contributed by atoms with E-state index in [1.54, 1.807) is 7.05 Å². The van der Waals surface area contributed by atoms with E-state index in [9.17, 15) is 0 Å². The second kappa shape index (κ2) is 7.20. The molecule has 0 spiro atoms. The standard InChI is InChI=1S/C15H26N4OS/c1-11(2)13-8-12(20-19-13)9-17-14(16-4)18-10-15(3)6-5-7-21-15/h8,11H,5-7,9-10H2,1-4H3,(H2,16,17,18). The summed E-state index contributed by atoms with van der Waals surface area (Å²) in [6, 6.07) is 2.00. The van der Waals surface area contributed by atoms with Crippen molar-refractivity contribution >= 4 is 17.7 Å². The van der Waals surface area contributed by atoms with Gasteiger partial charge in [-0.1, -0.05) is 19.0 Å². The second-order valence-corrected chi connectivity index (χ2v) is 7.74. The number of nitrogens with zero attached hydrogens (tertiary/aromatic N) is 2. The van der Waals surface area contributed by atoms with Crippen LogP contribution in [0, 0.1) is 0 Å². The molecular weight excluding hydrogens is 284 g/mol. The van der Waals surface area contributed by atoms with Crippen molar-refractivity contribution < 1.29 is 4.52 Å². The molecule has 2 heterocycles. The average Bonchev–Trinajstić information content (AvgIpc) is 3.08. The van der Waals surface area contributed by atoms with E-state index >= 15 is 0 Å². The van der Waals surface area contributed by atoms with Crippen LogP contribution in [0.1, 0.15) is 51.0 Å². The summed E-state index contributed by atoms with van der Waals surface area (Å²) in [6.45, 7) is 8.07. The maximum absolute atomic E-state index is 5.32. The van der Waals surface area contributed by atoms with Gasteiger partial charge in [0.25, 0.3) is 0 Å². The van der Waals surface area contributed by atoms with Crippen molar-refractivity contribution in [3.8, 4) is 0 Å². The molecule has 1 saturated heterocycles. The summed E-state index contributed by atoms with van der Waals surface area (Å²) in [6.07, 6.45) is 2.58. The van der Waals surface area contributed by atoms with Gasteiger partial charge in [-0.25, -0.2) is 0 Å². The third-order valence-electron chi connectivity index (χ3n) is 3.75. The Bertz CT molecular complexity index is 478. The van der Waals surface area contributed by atoms with Crippen LogP contribution in [0.2, 0.25) is 0 Å². The topological polar surface area (TPSA) is 62.5 Å². The molecule has 1 aliphatic rings. The zero-order valence-electron chi connectivity index (χ0n) is 13.4. The molecule has 0 saturated carbocycles. The summed E-state index contributed by atoms with van der Waals surface area (Å²) in [5.74, 6) is 3.30. The van der Waals surface area contributed by atoms with Crippen LogP contribution in [0.15, 0.2) is 15.6 Å². The molecule has 1 aliphatic heterocycles. The fourth-order valence-electron chi connectivity index (χ4n) is 2.32. The van der Waals surface area contributed by atoms with Crippen molar-refractivity contribution in [3.63, 3.8) is 0 Å². The summed E-state index contributed by atoms with van der Waals surface area (Å²) in [7, 11) is 1.79. The molecule has 21 heavy (non-hydrogen) atoms.